The van der Waals surface area contributed by atoms with Crippen LogP contribution >= 0.6 is 38.9 Å². The van der Waals surface area contributed by atoms with Crippen LogP contribution in [0.5, 0.6) is 0 Å². The molecule has 1 aliphatic rings. The molecule has 1 atom stereocenters. The van der Waals surface area contributed by atoms with E-state index in [4.69, 9.17) is 21.1 Å². The zero-order valence-electron chi connectivity index (χ0n) is 9.36. The Labute approximate surface area is 123 Å². The van der Waals surface area contributed by atoms with Crippen LogP contribution in [-0.2, 0) is 16.1 Å². The summed E-state index contributed by atoms with van der Waals surface area (Å²) in [5, 5.41) is 0.747. The fourth-order valence-electron chi connectivity index (χ4n) is 1.68. The number of benzene rings is 1. The van der Waals surface area contributed by atoms with Crippen LogP contribution in [0.3, 0.4) is 0 Å². The van der Waals surface area contributed by atoms with E-state index in [1.165, 1.54) is 10.4 Å². The lowest BCUT2D eigenvalue weighted by Crippen LogP contribution is -1.95. The fraction of sp³-hybridized carbons (Fsp3) is 0.231. The van der Waals surface area contributed by atoms with E-state index in [0.29, 0.717) is 13.2 Å². The monoisotopic (exact) mass is 344 g/mol. The molecular formula is C13H10BrClO2S. The van der Waals surface area contributed by atoms with Gasteiger partial charge in [0, 0.05) is 9.90 Å². The van der Waals surface area contributed by atoms with Crippen molar-refractivity contribution in [3.8, 4) is 11.1 Å². The topological polar surface area (TPSA) is 21.8 Å². The van der Waals surface area contributed by atoms with Crippen molar-refractivity contribution in [1.82, 2.24) is 0 Å². The Morgan fingerprint density at radius 2 is 2.11 bits per heavy atom. The summed E-state index contributed by atoms with van der Waals surface area (Å²) < 4.78 is 11.7. The Morgan fingerprint density at radius 1 is 1.39 bits per heavy atom. The van der Waals surface area contributed by atoms with E-state index in [0.717, 1.165) is 14.4 Å². The summed E-state index contributed by atoms with van der Waals surface area (Å²) in [5.74, 6) is 0. The van der Waals surface area contributed by atoms with Crippen LogP contribution in [0.2, 0.25) is 5.02 Å². The van der Waals surface area contributed by atoms with Gasteiger partial charge < -0.3 is 9.47 Å². The minimum Gasteiger partial charge on any atom is -0.345 e. The van der Waals surface area contributed by atoms with Gasteiger partial charge in [-0.3, -0.25) is 0 Å². The lowest BCUT2D eigenvalue weighted by atomic mass is 10.1. The van der Waals surface area contributed by atoms with Crippen LogP contribution in [0.4, 0.5) is 0 Å². The Morgan fingerprint density at radius 3 is 2.78 bits per heavy atom. The summed E-state index contributed by atoms with van der Waals surface area (Å²) in [7, 11) is 0. The second-order valence-corrected chi connectivity index (χ2v) is 6.92. The molecule has 1 unspecified atom stereocenters. The third-order valence-corrected chi connectivity index (χ3v) is 4.50. The number of hydrogen-bond donors (Lipinski definition) is 0. The molecule has 1 aromatic heterocycles. The lowest BCUT2D eigenvalue weighted by Gasteiger charge is -2.04. The standard InChI is InChI=1S/C13H10BrClO2S/c14-12-5-10(8-1-3-9(15)4-2-8)11(18-12)6-16-13-7-17-13/h1-5,13H,6-7H2. The second-order valence-electron chi connectivity index (χ2n) is 3.97. The molecule has 3 rings (SSSR count). The van der Waals surface area contributed by atoms with E-state index in [2.05, 4.69) is 22.0 Å². The minimum absolute atomic E-state index is 0.0102. The van der Waals surface area contributed by atoms with Gasteiger partial charge in [0.2, 0.25) is 0 Å². The molecule has 0 aliphatic carbocycles. The number of rotatable bonds is 4. The Balaban J connectivity index is 1.86. The van der Waals surface area contributed by atoms with Gasteiger partial charge >= 0.3 is 0 Å². The molecule has 0 spiro atoms. The average Bonchev–Trinajstić information content (AvgIpc) is 3.11. The van der Waals surface area contributed by atoms with Crippen molar-refractivity contribution in [2.75, 3.05) is 6.61 Å². The molecule has 0 bridgehead atoms. The summed E-state index contributed by atoms with van der Waals surface area (Å²) in [4.78, 5) is 1.19. The average molecular weight is 346 g/mol. The molecule has 2 heterocycles. The predicted octanol–water partition coefficient (Wildman–Crippen LogP) is 4.70. The molecule has 0 radical (unpaired) electrons. The SMILES string of the molecule is Clc1ccc(-c2cc(Br)sc2COC2CO2)cc1. The van der Waals surface area contributed by atoms with E-state index < -0.39 is 0 Å². The molecule has 0 amide bonds. The number of ether oxygens (including phenoxy) is 2. The van der Waals surface area contributed by atoms with Gasteiger partial charge in [-0.1, -0.05) is 23.7 Å². The molecule has 2 nitrogen and oxygen atoms in total. The van der Waals surface area contributed by atoms with Crippen molar-refractivity contribution < 1.29 is 9.47 Å². The Bertz CT molecular complexity index is 549. The van der Waals surface area contributed by atoms with Crippen molar-refractivity contribution in [1.29, 1.82) is 0 Å². The van der Waals surface area contributed by atoms with Crippen LogP contribution < -0.4 is 0 Å². The summed E-state index contributed by atoms with van der Waals surface area (Å²) in [6.45, 7) is 1.29. The van der Waals surface area contributed by atoms with Crippen LogP contribution in [0.15, 0.2) is 34.1 Å². The van der Waals surface area contributed by atoms with Gasteiger partial charge in [-0.05, 0) is 45.3 Å². The van der Waals surface area contributed by atoms with Crippen molar-refractivity contribution in [3.05, 3.63) is 44.0 Å². The van der Waals surface area contributed by atoms with E-state index in [1.807, 2.05) is 24.3 Å². The molecule has 5 heteroatoms. The molecular weight excluding hydrogens is 336 g/mol. The quantitative estimate of drug-likeness (QED) is 0.749. The molecule has 94 valence electrons. The number of hydrogen-bond acceptors (Lipinski definition) is 3. The highest BCUT2D eigenvalue weighted by Gasteiger charge is 2.24. The smallest absolute Gasteiger partial charge is 0.181 e. The number of thiophene rings is 1. The van der Waals surface area contributed by atoms with Gasteiger partial charge in [0.1, 0.15) is 6.61 Å². The van der Waals surface area contributed by atoms with Gasteiger partial charge in [0.15, 0.2) is 6.29 Å². The van der Waals surface area contributed by atoms with Gasteiger partial charge in [0.05, 0.1) is 10.4 Å². The number of epoxide rings is 1. The first-order valence-electron chi connectivity index (χ1n) is 5.50. The first-order valence-corrected chi connectivity index (χ1v) is 7.48. The van der Waals surface area contributed by atoms with Crippen molar-refractivity contribution in [3.63, 3.8) is 0 Å². The largest absolute Gasteiger partial charge is 0.345 e. The molecule has 1 fully saturated rings. The first kappa shape index (κ1) is 12.6. The summed E-state index contributed by atoms with van der Waals surface area (Å²) in [6.07, 6.45) is -0.0102. The Hall–Kier alpha value is -0.390. The maximum Gasteiger partial charge on any atom is 0.181 e. The third-order valence-electron chi connectivity index (χ3n) is 2.64. The molecule has 1 saturated heterocycles. The van der Waals surface area contributed by atoms with Crippen molar-refractivity contribution in [2.45, 2.75) is 12.9 Å². The molecule has 0 N–H and O–H groups in total. The van der Waals surface area contributed by atoms with Gasteiger partial charge in [-0.2, -0.15) is 0 Å². The normalized spacial score (nSPS) is 18.0. The van der Waals surface area contributed by atoms with E-state index >= 15 is 0 Å². The Kier molecular flexibility index (Phi) is 3.73. The highest BCUT2D eigenvalue weighted by molar-refractivity contribution is 9.11. The maximum absolute atomic E-state index is 5.91. The fourth-order valence-corrected chi connectivity index (χ4v) is 3.45. The van der Waals surface area contributed by atoms with E-state index in [-0.39, 0.29) is 6.29 Å². The molecule has 18 heavy (non-hydrogen) atoms. The predicted molar refractivity (Wildman–Crippen MR) is 77.0 cm³/mol. The van der Waals surface area contributed by atoms with Crippen LogP contribution in [0, 0.1) is 0 Å². The van der Waals surface area contributed by atoms with Crippen molar-refractivity contribution in [2.24, 2.45) is 0 Å². The highest BCUT2D eigenvalue weighted by Crippen LogP contribution is 2.36. The van der Waals surface area contributed by atoms with Crippen molar-refractivity contribution >= 4 is 38.9 Å². The van der Waals surface area contributed by atoms with Gasteiger partial charge in [-0.25, -0.2) is 0 Å². The van der Waals surface area contributed by atoms with E-state index in [1.54, 1.807) is 11.3 Å². The van der Waals surface area contributed by atoms with Crippen LogP contribution in [0.25, 0.3) is 11.1 Å². The van der Waals surface area contributed by atoms with Crippen LogP contribution in [-0.4, -0.2) is 12.9 Å². The molecule has 1 aliphatic heterocycles. The third kappa shape index (κ3) is 2.95. The van der Waals surface area contributed by atoms with Crippen LogP contribution in [0.1, 0.15) is 4.88 Å². The molecule has 0 saturated carbocycles. The van der Waals surface area contributed by atoms with Gasteiger partial charge in [-0.15, -0.1) is 11.3 Å². The second kappa shape index (κ2) is 5.31. The zero-order valence-corrected chi connectivity index (χ0v) is 12.5. The first-order chi connectivity index (χ1) is 8.72. The lowest BCUT2D eigenvalue weighted by molar-refractivity contribution is 0.0402. The van der Waals surface area contributed by atoms with Gasteiger partial charge in [0.25, 0.3) is 0 Å². The minimum atomic E-state index is -0.0102. The van der Waals surface area contributed by atoms with E-state index in [9.17, 15) is 0 Å². The zero-order chi connectivity index (χ0) is 12.5. The summed E-state index contributed by atoms with van der Waals surface area (Å²) >= 11 is 11.1. The summed E-state index contributed by atoms with van der Waals surface area (Å²) in [5.41, 5.74) is 2.33. The molecule has 1 aromatic carbocycles. The summed E-state index contributed by atoms with van der Waals surface area (Å²) in [6, 6.07) is 9.95. The highest BCUT2D eigenvalue weighted by atomic mass is 79.9. The number of halogens is 2. The maximum atomic E-state index is 5.91. The molecule has 2 aromatic rings.